The van der Waals surface area contributed by atoms with Crippen molar-refractivity contribution in [3.05, 3.63) is 54.6 Å². The summed E-state index contributed by atoms with van der Waals surface area (Å²) in [6.45, 7) is 0.657. The Balaban J connectivity index is 1.44. The van der Waals surface area contributed by atoms with Crippen LogP contribution in [0, 0.1) is 5.92 Å². The topological polar surface area (TPSA) is 75.7 Å². The molecule has 0 aromatic heterocycles. The number of benzene rings is 2. The first-order valence-corrected chi connectivity index (χ1v) is 12.6. The van der Waals surface area contributed by atoms with Gasteiger partial charge in [-0.2, -0.15) is 4.31 Å². The Bertz CT molecular complexity index is 988. The highest BCUT2D eigenvalue weighted by Crippen LogP contribution is 2.28. The summed E-state index contributed by atoms with van der Waals surface area (Å²) >= 11 is 0. The highest BCUT2D eigenvalue weighted by atomic mass is 32.2. The third-order valence-corrected chi connectivity index (χ3v) is 7.99. The zero-order valence-corrected chi connectivity index (χ0v) is 18.5. The molecule has 4 rings (SSSR count). The number of amides is 1. The largest absolute Gasteiger partial charge is 0.457 e. The van der Waals surface area contributed by atoms with Gasteiger partial charge in [0.1, 0.15) is 11.5 Å². The number of hydrogen-bond acceptors (Lipinski definition) is 4. The SMILES string of the molecule is O=C(NC1CCCCC1)C1CCCN(S(=O)(=O)c2cccc(Oc3ccccc3)c2)C1. The van der Waals surface area contributed by atoms with Gasteiger partial charge in [0, 0.05) is 25.2 Å². The highest BCUT2D eigenvalue weighted by molar-refractivity contribution is 7.89. The van der Waals surface area contributed by atoms with E-state index in [-0.39, 0.29) is 29.3 Å². The second-order valence-corrected chi connectivity index (χ2v) is 10.4. The number of ether oxygens (including phenoxy) is 1. The van der Waals surface area contributed by atoms with Crippen LogP contribution >= 0.6 is 0 Å². The van der Waals surface area contributed by atoms with Gasteiger partial charge < -0.3 is 10.1 Å². The summed E-state index contributed by atoms with van der Waals surface area (Å²) in [6.07, 6.45) is 6.98. The molecule has 0 radical (unpaired) electrons. The van der Waals surface area contributed by atoms with Crippen molar-refractivity contribution in [3.8, 4) is 11.5 Å². The van der Waals surface area contributed by atoms with Gasteiger partial charge in [-0.3, -0.25) is 4.79 Å². The van der Waals surface area contributed by atoms with Crippen molar-refractivity contribution in [3.63, 3.8) is 0 Å². The van der Waals surface area contributed by atoms with Crippen LogP contribution in [0.15, 0.2) is 59.5 Å². The minimum atomic E-state index is -3.70. The Morgan fingerprint density at radius 1 is 0.903 bits per heavy atom. The molecule has 0 bridgehead atoms. The second kappa shape index (κ2) is 9.83. The van der Waals surface area contributed by atoms with E-state index in [1.165, 1.54) is 10.7 Å². The summed E-state index contributed by atoms with van der Waals surface area (Å²) in [5.41, 5.74) is 0. The number of hydrogen-bond donors (Lipinski definition) is 1. The molecule has 1 heterocycles. The molecule has 166 valence electrons. The van der Waals surface area contributed by atoms with Gasteiger partial charge in [-0.1, -0.05) is 43.5 Å². The van der Waals surface area contributed by atoms with E-state index in [0.29, 0.717) is 24.5 Å². The van der Waals surface area contributed by atoms with Gasteiger partial charge in [-0.25, -0.2) is 8.42 Å². The Labute approximate surface area is 184 Å². The molecule has 2 aromatic rings. The van der Waals surface area contributed by atoms with Crippen LogP contribution in [0.3, 0.4) is 0 Å². The van der Waals surface area contributed by atoms with Crippen LogP contribution in [0.5, 0.6) is 11.5 Å². The van der Waals surface area contributed by atoms with Crippen molar-refractivity contribution in [2.45, 2.75) is 55.9 Å². The maximum atomic E-state index is 13.3. The Kier molecular flexibility index (Phi) is 6.92. The van der Waals surface area contributed by atoms with Crippen LogP contribution in [-0.2, 0) is 14.8 Å². The smallest absolute Gasteiger partial charge is 0.243 e. The third-order valence-electron chi connectivity index (χ3n) is 6.13. The lowest BCUT2D eigenvalue weighted by molar-refractivity contribution is -0.127. The normalized spacial score (nSPS) is 20.8. The number of carbonyl (C=O) groups excluding carboxylic acids is 1. The summed E-state index contributed by atoms with van der Waals surface area (Å²) in [7, 11) is -3.70. The summed E-state index contributed by atoms with van der Waals surface area (Å²) < 4.78 is 33.8. The van der Waals surface area contributed by atoms with Crippen molar-refractivity contribution >= 4 is 15.9 Å². The van der Waals surface area contributed by atoms with Crippen molar-refractivity contribution < 1.29 is 17.9 Å². The third kappa shape index (κ3) is 5.46. The highest BCUT2D eigenvalue weighted by Gasteiger charge is 2.34. The molecule has 0 spiro atoms. The second-order valence-electron chi connectivity index (χ2n) is 8.44. The average molecular weight is 443 g/mol. The van der Waals surface area contributed by atoms with Gasteiger partial charge in [-0.15, -0.1) is 0 Å². The summed E-state index contributed by atoms with van der Waals surface area (Å²) in [6, 6.07) is 16.1. The summed E-state index contributed by atoms with van der Waals surface area (Å²) in [5, 5.41) is 3.16. The fraction of sp³-hybridized carbons (Fsp3) is 0.458. The number of sulfonamides is 1. The van der Waals surface area contributed by atoms with Gasteiger partial charge in [0.2, 0.25) is 15.9 Å². The lowest BCUT2D eigenvalue weighted by atomic mass is 9.93. The fourth-order valence-corrected chi connectivity index (χ4v) is 5.97. The van der Waals surface area contributed by atoms with E-state index in [0.717, 1.165) is 32.1 Å². The fourth-order valence-electron chi connectivity index (χ4n) is 4.41. The van der Waals surface area contributed by atoms with Crippen LogP contribution in [0.25, 0.3) is 0 Å². The van der Waals surface area contributed by atoms with Gasteiger partial charge in [0.25, 0.3) is 0 Å². The van der Waals surface area contributed by atoms with E-state index >= 15 is 0 Å². The molecule has 2 fully saturated rings. The first-order valence-electron chi connectivity index (χ1n) is 11.2. The quantitative estimate of drug-likeness (QED) is 0.723. The molecular weight excluding hydrogens is 412 g/mol. The molecule has 1 amide bonds. The number of piperidine rings is 1. The van der Waals surface area contributed by atoms with Crippen LogP contribution in [0.1, 0.15) is 44.9 Å². The molecule has 1 atom stereocenters. The minimum absolute atomic E-state index is 0.00652. The molecule has 1 saturated carbocycles. The maximum Gasteiger partial charge on any atom is 0.243 e. The molecular formula is C24H30N2O4S. The van der Waals surface area contributed by atoms with Crippen LogP contribution in [0.2, 0.25) is 0 Å². The monoisotopic (exact) mass is 442 g/mol. The molecule has 2 aliphatic rings. The van der Waals surface area contributed by atoms with Crippen molar-refractivity contribution in [2.75, 3.05) is 13.1 Å². The van der Waals surface area contributed by atoms with E-state index in [1.807, 2.05) is 30.3 Å². The van der Waals surface area contributed by atoms with Gasteiger partial charge >= 0.3 is 0 Å². The first kappa shape index (κ1) is 21.8. The van der Waals surface area contributed by atoms with Gasteiger partial charge in [-0.05, 0) is 49.9 Å². The lowest BCUT2D eigenvalue weighted by Crippen LogP contribution is -2.47. The molecule has 1 aliphatic carbocycles. The Hall–Kier alpha value is -2.38. The molecule has 1 unspecified atom stereocenters. The van der Waals surface area contributed by atoms with E-state index in [2.05, 4.69) is 5.32 Å². The molecule has 1 N–H and O–H groups in total. The number of nitrogens with one attached hydrogen (secondary N) is 1. The molecule has 1 saturated heterocycles. The van der Waals surface area contributed by atoms with Crippen LogP contribution in [-0.4, -0.2) is 37.8 Å². The number of carbonyl (C=O) groups is 1. The molecule has 1 aliphatic heterocycles. The minimum Gasteiger partial charge on any atom is -0.457 e. The van der Waals surface area contributed by atoms with Gasteiger partial charge in [0.15, 0.2) is 0 Å². The average Bonchev–Trinajstić information content (AvgIpc) is 2.81. The number of nitrogens with zero attached hydrogens (tertiary/aromatic N) is 1. The van der Waals surface area contributed by atoms with Gasteiger partial charge in [0.05, 0.1) is 10.8 Å². The maximum absolute atomic E-state index is 13.3. The Morgan fingerprint density at radius 2 is 1.65 bits per heavy atom. The van der Waals surface area contributed by atoms with Crippen molar-refractivity contribution in [1.29, 1.82) is 0 Å². The summed E-state index contributed by atoms with van der Waals surface area (Å²) in [5.74, 6) is 0.813. The van der Waals surface area contributed by atoms with Crippen molar-refractivity contribution in [1.82, 2.24) is 9.62 Å². The molecule has 31 heavy (non-hydrogen) atoms. The van der Waals surface area contributed by atoms with E-state index < -0.39 is 10.0 Å². The molecule has 2 aromatic carbocycles. The van der Waals surface area contributed by atoms with Crippen LogP contribution < -0.4 is 10.1 Å². The number of para-hydroxylation sites is 1. The lowest BCUT2D eigenvalue weighted by Gasteiger charge is -2.32. The van der Waals surface area contributed by atoms with Crippen molar-refractivity contribution in [2.24, 2.45) is 5.92 Å². The van der Waals surface area contributed by atoms with Crippen LogP contribution in [0.4, 0.5) is 0 Å². The predicted molar refractivity (Wildman–Crippen MR) is 119 cm³/mol. The zero-order chi connectivity index (χ0) is 21.7. The standard InChI is InChI=1S/C24H30N2O4S/c27-24(25-20-10-3-1-4-11-20)19-9-8-16-26(18-19)31(28,29)23-15-7-14-22(17-23)30-21-12-5-2-6-13-21/h2,5-7,12-15,17,19-20H,1,3-4,8-11,16,18H2,(H,25,27). The van der Waals surface area contributed by atoms with E-state index in [4.69, 9.17) is 4.74 Å². The predicted octanol–water partition coefficient (Wildman–Crippen LogP) is 4.33. The zero-order valence-electron chi connectivity index (χ0n) is 17.7. The summed E-state index contributed by atoms with van der Waals surface area (Å²) in [4.78, 5) is 13.0. The molecule has 7 heteroatoms. The Morgan fingerprint density at radius 3 is 2.42 bits per heavy atom. The van der Waals surface area contributed by atoms with E-state index in [9.17, 15) is 13.2 Å². The first-order chi connectivity index (χ1) is 15.0. The molecule has 6 nitrogen and oxygen atoms in total. The van der Waals surface area contributed by atoms with E-state index in [1.54, 1.807) is 24.3 Å². The number of rotatable bonds is 6.